The molecule has 1 N–H and O–H groups in total. The fraction of sp³-hybridized carbons (Fsp3) is 0.182. The van der Waals surface area contributed by atoms with Gasteiger partial charge in [-0.1, -0.05) is 47.6 Å². The molecule has 4 rings (SSSR count). The quantitative estimate of drug-likeness (QED) is 0.509. The van der Waals surface area contributed by atoms with E-state index in [1.54, 1.807) is 7.11 Å². The third-order valence-corrected chi connectivity index (χ3v) is 4.74. The molecule has 2 aromatic heterocycles. The lowest BCUT2D eigenvalue weighted by Gasteiger charge is -2.08. The zero-order valence-corrected chi connectivity index (χ0v) is 16.4. The van der Waals surface area contributed by atoms with E-state index in [4.69, 9.17) is 9.26 Å². The van der Waals surface area contributed by atoms with Crippen molar-refractivity contribution in [3.05, 3.63) is 76.8 Å². The van der Waals surface area contributed by atoms with Crippen molar-refractivity contribution < 1.29 is 14.1 Å². The Morgan fingerprint density at radius 3 is 2.63 bits per heavy atom. The van der Waals surface area contributed by atoms with Crippen LogP contribution in [0.4, 0.5) is 0 Å². The first-order valence-corrected chi connectivity index (χ1v) is 9.45. The molecule has 0 aliphatic rings. The van der Waals surface area contributed by atoms with Gasteiger partial charge in [-0.3, -0.25) is 14.2 Å². The lowest BCUT2D eigenvalue weighted by molar-refractivity contribution is -0.121. The van der Waals surface area contributed by atoms with Crippen LogP contribution in [0.1, 0.15) is 12.0 Å². The first kappa shape index (κ1) is 19.4. The van der Waals surface area contributed by atoms with E-state index in [0.29, 0.717) is 17.6 Å². The van der Waals surface area contributed by atoms with Gasteiger partial charge in [0.2, 0.25) is 5.91 Å². The fourth-order valence-corrected chi connectivity index (χ4v) is 3.09. The van der Waals surface area contributed by atoms with Crippen LogP contribution in [0.2, 0.25) is 0 Å². The van der Waals surface area contributed by atoms with Gasteiger partial charge in [-0.2, -0.15) is 0 Å². The average molecular weight is 404 g/mol. The topological polar surface area (TPSA) is 99.2 Å². The molecule has 8 heteroatoms. The summed E-state index contributed by atoms with van der Waals surface area (Å²) in [7, 11) is 1.60. The highest BCUT2D eigenvalue weighted by molar-refractivity contribution is 5.88. The Morgan fingerprint density at radius 1 is 1.13 bits per heavy atom. The lowest BCUT2D eigenvalue weighted by atomic mass is 10.1. The van der Waals surface area contributed by atoms with Crippen molar-refractivity contribution in [2.24, 2.45) is 0 Å². The summed E-state index contributed by atoms with van der Waals surface area (Å²) < 4.78 is 11.7. The minimum absolute atomic E-state index is 0.148. The fourth-order valence-electron chi connectivity index (χ4n) is 3.09. The number of carbonyl (C=O) groups excluding carboxylic acids is 1. The highest BCUT2D eigenvalue weighted by Gasteiger charge is 2.17. The largest absolute Gasteiger partial charge is 0.497 e. The number of carbonyl (C=O) groups is 1. The van der Waals surface area contributed by atoms with Gasteiger partial charge in [-0.15, -0.1) is 0 Å². The van der Waals surface area contributed by atoms with E-state index in [0.717, 1.165) is 16.9 Å². The van der Waals surface area contributed by atoms with Gasteiger partial charge in [-0.05, 0) is 17.7 Å². The van der Waals surface area contributed by atoms with E-state index < -0.39 is 0 Å². The van der Waals surface area contributed by atoms with E-state index in [-0.39, 0.29) is 30.1 Å². The van der Waals surface area contributed by atoms with Gasteiger partial charge in [0.05, 0.1) is 7.11 Å². The number of aryl methyl sites for hydroxylation is 1. The molecule has 8 nitrogen and oxygen atoms in total. The van der Waals surface area contributed by atoms with Crippen LogP contribution in [-0.2, 0) is 17.9 Å². The Bertz CT molecular complexity index is 1210. The minimum atomic E-state index is -0.289. The Kier molecular flexibility index (Phi) is 5.56. The number of methoxy groups -OCH3 is 1. The number of amides is 1. The van der Waals surface area contributed by atoms with E-state index in [9.17, 15) is 9.59 Å². The van der Waals surface area contributed by atoms with Crippen LogP contribution in [0, 0.1) is 0 Å². The first-order chi connectivity index (χ1) is 14.7. The standard InChI is InChI=1S/C22H20N4O4/c1-29-17-9-7-15(8-10-17)13-23-18(27)11-12-26-14-24-21-19(22(26)28)20(25-30-21)16-5-3-2-4-6-16/h2-10,14H,11-13H2,1H3,(H,23,27). The molecule has 0 atom stereocenters. The maximum absolute atomic E-state index is 12.9. The number of hydrogen-bond acceptors (Lipinski definition) is 6. The number of hydrogen-bond donors (Lipinski definition) is 1. The second-order valence-corrected chi connectivity index (χ2v) is 6.70. The minimum Gasteiger partial charge on any atom is -0.497 e. The van der Waals surface area contributed by atoms with Gasteiger partial charge in [-0.25, -0.2) is 4.98 Å². The van der Waals surface area contributed by atoms with Crippen LogP contribution in [0.5, 0.6) is 5.75 Å². The second kappa shape index (κ2) is 8.60. The SMILES string of the molecule is COc1ccc(CNC(=O)CCn2cnc3onc(-c4ccccc4)c3c2=O)cc1. The molecule has 2 aromatic carbocycles. The van der Waals surface area contributed by atoms with Gasteiger partial charge in [0.15, 0.2) is 0 Å². The van der Waals surface area contributed by atoms with Crippen LogP contribution < -0.4 is 15.6 Å². The normalized spacial score (nSPS) is 10.8. The third-order valence-electron chi connectivity index (χ3n) is 4.74. The molecule has 0 fully saturated rings. The van der Waals surface area contributed by atoms with Crippen LogP contribution >= 0.6 is 0 Å². The molecular weight excluding hydrogens is 384 g/mol. The predicted octanol–water partition coefficient (Wildman–Crippen LogP) is 2.77. The van der Waals surface area contributed by atoms with Crippen molar-refractivity contribution in [3.63, 3.8) is 0 Å². The van der Waals surface area contributed by atoms with Gasteiger partial charge in [0.25, 0.3) is 11.3 Å². The Morgan fingerprint density at radius 2 is 1.90 bits per heavy atom. The Balaban J connectivity index is 1.44. The number of aromatic nitrogens is 3. The molecule has 0 unspecified atom stereocenters. The molecule has 0 aliphatic carbocycles. The van der Waals surface area contributed by atoms with Crippen molar-refractivity contribution in [3.8, 4) is 17.0 Å². The van der Waals surface area contributed by atoms with Crippen molar-refractivity contribution >= 4 is 17.0 Å². The van der Waals surface area contributed by atoms with Crippen LogP contribution in [0.3, 0.4) is 0 Å². The Hall–Kier alpha value is -3.94. The highest BCUT2D eigenvalue weighted by atomic mass is 16.5. The molecule has 152 valence electrons. The second-order valence-electron chi connectivity index (χ2n) is 6.70. The summed E-state index contributed by atoms with van der Waals surface area (Å²) in [6, 6.07) is 16.7. The summed E-state index contributed by atoms with van der Waals surface area (Å²) in [4.78, 5) is 29.3. The maximum atomic E-state index is 12.9. The monoisotopic (exact) mass is 404 g/mol. The van der Waals surface area contributed by atoms with Gasteiger partial charge in [0, 0.05) is 25.1 Å². The summed E-state index contributed by atoms with van der Waals surface area (Å²) in [5.41, 5.74) is 2.06. The molecule has 1 amide bonds. The molecule has 30 heavy (non-hydrogen) atoms. The average Bonchev–Trinajstić information content (AvgIpc) is 3.23. The molecule has 0 saturated carbocycles. The zero-order valence-electron chi connectivity index (χ0n) is 16.4. The van der Waals surface area contributed by atoms with Crippen LogP contribution in [-0.4, -0.2) is 27.7 Å². The number of benzene rings is 2. The summed E-state index contributed by atoms with van der Waals surface area (Å²) in [6.07, 6.45) is 1.52. The van der Waals surface area contributed by atoms with Crippen molar-refractivity contribution in [1.82, 2.24) is 20.0 Å². The molecule has 0 bridgehead atoms. The number of fused-ring (bicyclic) bond motifs is 1. The molecule has 0 saturated heterocycles. The third kappa shape index (κ3) is 4.07. The summed E-state index contributed by atoms with van der Waals surface area (Å²) in [6.45, 7) is 0.606. The van der Waals surface area contributed by atoms with E-state index in [2.05, 4.69) is 15.5 Å². The first-order valence-electron chi connectivity index (χ1n) is 9.45. The summed E-state index contributed by atoms with van der Waals surface area (Å²) in [5.74, 6) is 0.599. The summed E-state index contributed by atoms with van der Waals surface area (Å²) in [5, 5.41) is 7.16. The van der Waals surface area contributed by atoms with E-state index >= 15 is 0 Å². The van der Waals surface area contributed by atoms with Gasteiger partial charge in [0.1, 0.15) is 23.2 Å². The number of rotatable bonds is 7. The molecule has 0 radical (unpaired) electrons. The predicted molar refractivity (Wildman–Crippen MR) is 111 cm³/mol. The molecule has 4 aromatic rings. The smallest absolute Gasteiger partial charge is 0.266 e. The summed E-state index contributed by atoms with van der Waals surface area (Å²) >= 11 is 0. The maximum Gasteiger partial charge on any atom is 0.266 e. The van der Waals surface area contributed by atoms with Crippen LogP contribution in [0.15, 0.2) is 70.2 Å². The van der Waals surface area contributed by atoms with E-state index in [1.807, 2.05) is 54.6 Å². The molecule has 0 aliphatic heterocycles. The molecular formula is C22H20N4O4. The van der Waals surface area contributed by atoms with E-state index in [1.165, 1.54) is 10.9 Å². The molecule has 0 spiro atoms. The Labute approximate surface area is 172 Å². The number of nitrogens with one attached hydrogen (secondary N) is 1. The van der Waals surface area contributed by atoms with Gasteiger partial charge < -0.3 is 14.6 Å². The molecule has 2 heterocycles. The number of nitrogens with zero attached hydrogens (tertiary/aromatic N) is 3. The van der Waals surface area contributed by atoms with Crippen molar-refractivity contribution in [2.75, 3.05) is 7.11 Å². The number of ether oxygens (including phenoxy) is 1. The highest BCUT2D eigenvalue weighted by Crippen LogP contribution is 2.23. The van der Waals surface area contributed by atoms with Gasteiger partial charge >= 0.3 is 0 Å². The lowest BCUT2D eigenvalue weighted by Crippen LogP contribution is -2.27. The van der Waals surface area contributed by atoms with Crippen LogP contribution in [0.25, 0.3) is 22.4 Å². The van der Waals surface area contributed by atoms with Crippen molar-refractivity contribution in [2.45, 2.75) is 19.5 Å². The zero-order chi connectivity index (χ0) is 20.9. The van der Waals surface area contributed by atoms with Crippen molar-refractivity contribution in [1.29, 1.82) is 0 Å².